The summed E-state index contributed by atoms with van der Waals surface area (Å²) in [5.41, 5.74) is 2.54. The normalized spacial score (nSPS) is 10.6. The van der Waals surface area contributed by atoms with E-state index in [1.807, 2.05) is 36.4 Å². The van der Waals surface area contributed by atoms with E-state index in [0.717, 1.165) is 5.56 Å². The van der Waals surface area contributed by atoms with Crippen LogP contribution in [0.15, 0.2) is 60.2 Å². The number of carbonyl (C=O) groups excluding carboxylic acids is 2. The number of hydrogen-bond donors (Lipinski definition) is 2. The first-order valence-corrected chi connectivity index (χ1v) is 7.90. The molecule has 0 spiro atoms. The Morgan fingerprint density at radius 3 is 2.36 bits per heavy atom. The van der Waals surface area contributed by atoms with E-state index in [1.165, 1.54) is 13.0 Å². The molecule has 2 N–H and O–H groups in total. The molecule has 0 heterocycles. The smallest absolute Gasteiger partial charge is 0.261 e. The molecule has 5 nitrogen and oxygen atoms in total. The van der Waals surface area contributed by atoms with Crippen LogP contribution in [0.5, 0.6) is 0 Å². The SMILES string of the molecule is CC(=O)Nc1ccc(/C=C(\C#N)C(=O)NCCc2ccccc2)cc1. The Labute approximate surface area is 147 Å². The van der Waals surface area contributed by atoms with Gasteiger partial charge in [0, 0.05) is 19.2 Å². The van der Waals surface area contributed by atoms with Gasteiger partial charge in [0.15, 0.2) is 0 Å². The molecule has 0 aromatic heterocycles. The van der Waals surface area contributed by atoms with E-state index in [9.17, 15) is 14.9 Å². The molecule has 0 unspecified atom stereocenters. The third-order valence-electron chi connectivity index (χ3n) is 3.45. The fourth-order valence-electron chi connectivity index (χ4n) is 2.24. The number of nitrogens with one attached hydrogen (secondary N) is 2. The Balaban J connectivity index is 1.95. The summed E-state index contributed by atoms with van der Waals surface area (Å²) in [5, 5.41) is 14.6. The van der Waals surface area contributed by atoms with Crippen LogP contribution in [-0.2, 0) is 16.0 Å². The van der Waals surface area contributed by atoms with Crippen molar-refractivity contribution in [2.24, 2.45) is 0 Å². The number of rotatable bonds is 6. The van der Waals surface area contributed by atoms with Gasteiger partial charge in [-0.05, 0) is 35.8 Å². The molecule has 5 heteroatoms. The molecular weight excluding hydrogens is 314 g/mol. The van der Waals surface area contributed by atoms with Gasteiger partial charge < -0.3 is 10.6 Å². The van der Waals surface area contributed by atoms with Gasteiger partial charge in [0.2, 0.25) is 5.91 Å². The molecule has 0 saturated heterocycles. The van der Waals surface area contributed by atoms with Gasteiger partial charge >= 0.3 is 0 Å². The zero-order chi connectivity index (χ0) is 18.1. The van der Waals surface area contributed by atoms with Gasteiger partial charge in [-0.25, -0.2) is 0 Å². The van der Waals surface area contributed by atoms with E-state index in [0.29, 0.717) is 24.2 Å². The Kier molecular flexibility index (Phi) is 6.49. The van der Waals surface area contributed by atoms with E-state index in [2.05, 4.69) is 10.6 Å². The summed E-state index contributed by atoms with van der Waals surface area (Å²) < 4.78 is 0. The summed E-state index contributed by atoms with van der Waals surface area (Å²) in [4.78, 5) is 23.1. The number of anilines is 1. The molecule has 0 aliphatic carbocycles. The predicted octanol–water partition coefficient (Wildman–Crippen LogP) is 2.91. The molecule has 0 aliphatic heterocycles. The molecule has 25 heavy (non-hydrogen) atoms. The third kappa shape index (κ3) is 5.96. The topological polar surface area (TPSA) is 82.0 Å². The van der Waals surface area contributed by atoms with Crippen LogP contribution in [0.2, 0.25) is 0 Å². The van der Waals surface area contributed by atoms with Crippen molar-refractivity contribution in [3.05, 3.63) is 71.3 Å². The zero-order valence-corrected chi connectivity index (χ0v) is 14.0. The number of carbonyl (C=O) groups is 2. The summed E-state index contributed by atoms with van der Waals surface area (Å²) in [6, 6.07) is 18.6. The molecule has 2 amide bonds. The zero-order valence-electron chi connectivity index (χ0n) is 14.0. The van der Waals surface area contributed by atoms with Crippen LogP contribution in [0.25, 0.3) is 6.08 Å². The Bertz CT molecular complexity index is 803. The molecule has 0 aliphatic rings. The first-order valence-electron chi connectivity index (χ1n) is 7.90. The lowest BCUT2D eigenvalue weighted by atomic mass is 10.1. The molecule has 0 fully saturated rings. The fourth-order valence-corrected chi connectivity index (χ4v) is 2.24. The highest BCUT2D eigenvalue weighted by molar-refractivity contribution is 6.01. The van der Waals surface area contributed by atoms with Crippen molar-refractivity contribution in [1.82, 2.24) is 5.32 Å². The lowest BCUT2D eigenvalue weighted by molar-refractivity contribution is -0.117. The summed E-state index contributed by atoms with van der Waals surface area (Å²) in [6.07, 6.45) is 2.23. The number of amides is 2. The minimum Gasteiger partial charge on any atom is -0.351 e. The minimum absolute atomic E-state index is 0.0420. The van der Waals surface area contributed by atoms with Crippen LogP contribution in [0, 0.1) is 11.3 Å². The molecule has 0 saturated carbocycles. The van der Waals surface area contributed by atoms with E-state index in [4.69, 9.17) is 0 Å². The standard InChI is InChI=1S/C20H19N3O2/c1-15(24)23-19-9-7-17(8-10-19)13-18(14-21)20(25)22-12-11-16-5-3-2-4-6-16/h2-10,13H,11-12H2,1H3,(H,22,25)(H,23,24)/b18-13+. The monoisotopic (exact) mass is 333 g/mol. The average molecular weight is 333 g/mol. The minimum atomic E-state index is -0.399. The fraction of sp³-hybridized carbons (Fsp3) is 0.150. The lowest BCUT2D eigenvalue weighted by Crippen LogP contribution is -2.26. The molecule has 0 radical (unpaired) electrons. The molecule has 2 rings (SSSR count). The first kappa shape index (κ1) is 18.0. The van der Waals surface area contributed by atoms with Gasteiger partial charge in [-0.1, -0.05) is 42.5 Å². The summed E-state index contributed by atoms with van der Waals surface area (Å²) in [7, 11) is 0. The Morgan fingerprint density at radius 1 is 1.08 bits per heavy atom. The summed E-state index contributed by atoms with van der Waals surface area (Å²) in [5.74, 6) is -0.553. The predicted molar refractivity (Wildman–Crippen MR) is 97.5 cm³/mol. The second kappa shape index (κ2) is 9.04. The van der Waals surface area contributed by atoms with Crippen molar-refractivity contribution in [2.45, 2.75) is 13.3 Å². The Hall–Kier alpha value is -3.39. The second-order valence-corrected chi connectivity index (χ2v) is 5.46. The Morgan fingerprint density at radius 2 is 1.76 bits per heavy atom. The van der Waals surface area contributed by atoms with Crippen molar-refractivity contribution >= 4 is 23.6 Å². The molecule has 126 valence electrons. The highest BCUT2D eigenvalue weighted by Gasteiger charge is 2.08. The highest BCUT2D eigenvalue weighted by atomic mass is 16.2. The average Bonchev–Trinajstić information content (AvgIpc) is 2.61. The molecule has 0 atom stereocenters. The molecule has 0 bridgehead atoms. The van der Waals surface area contributed by atoms with E-state index >= 15 is 0 Å². The van der Waals surface area contributed by atoms with Crippen LogP contribution < -0.4 is 10.6 Å². The van der Waals surface area contributed by atoms with Gasteiger partial charge in [-0.2, -0.15) is 5.26 Å². The maximum absolute atomic E-state index is 12.1. The van der Waals surface area contributed by atoms with Crippen molar-refractivity contribution in [2.75, 3.05) is 11.9 Å². The maximum Gasteiger partial charge on any atom is 0.261 e. The number of nitriles is 1. The van der Waals surface area contributed by atoms with Crippen LogP contribution in [0.1, 0.15) is 18.1 Å². The van der Waals surface area contributed by atoms with Crippen LogP contribution in [0.3, 0.4) is 0 Å². The van der Waals surface area contributed by atoms with Gasteiger partial charge in [-0.15, -0.1) is 0 Å². The van der Waals surface area contributed by atoms with Crippen molar-refractivity contribution in [3.8, 4) is 6.07 Å². The summed E-state index contributed by atoms with van der Waals surface area (Å²) >= 11 is 0. The molecule has 2 aromatic carbocycles. The van der Waals surface area contributed by atoms with Crippen molar-refractivity contribution in [3.63, 3.8) is 0 Å². The maximum atomic E-state index is 12.1. The highest BCUT2D eigenvalue weighted by Crippen LogP contribution is 2.12. The van der Waals surface area contributed by atoms with Crippen LogP contribution in [-0.4, -0.2) is 18.4 Å². The first-order chi connectivity index (χ1) is 12.1. The van der Waals surface area contributed by atoms with Crippen molar-refractivity contribution < 1.29 is 9.59 Å². The molecule has 2 aromatic rings. The quantitative estimate of drug-likeness (QED) is 0.630. The number of benzene rings is 2. The van der Waals surface area contributed by atoms with Gasteiger partial charge in [-0.3, -0.25) is 9.59 Å². The van der Waals surface area contributed by atoms with Gasteiger partial charge in [0.25, 0.3) is 5.91 Å². The third-order valence-corrected chi connectivity index (χ3v) is 3.45. The van der Waals surface area contributed by atoms with Crippen molar-refractivity contribution in [1.29, 1.82) is 5.26 Å². The number of hydrogen-bond acceptors (Lipinski definition) is 3. The number of nitrogens with zero attached hydrogens (tertiary/aromatic N) is 1. The lowest BCUT2D eigenvalue weighted by Gasteiger charge is -2.05. The van der Waals surface area contributed by atoms with E-state index < -0.39 is 5.91 Å². The van der Waals surface area contributed by atoms with Crippen LogP contribution in [0.4, 0.5) is 5.69 Å². The van der Waals surface area contributed by atoms with E-state index in [-0.39, 0.29) is 11.5 Å². The van der Waals surface area contributed by atoms with Crippen LogP contribution >= 0.6 is 0 Å². The van der Waals surface area contributed by atoms with E-state index in [1.54, 1.807) is 24.3 Å². The largest absolute Gasteiger partial charge is 0.351 e. The van der Waals surface area contributed by atoms with Gasteiger partial charge in [0.1, 0.15) is 11.6 Å². The molecular formula is C20H19N3O2. The van der Waals surface area contributed by atoms with Gasteiger partial charge in [0.05, 0.1) is 0 Å². The second-order valence-electron chi connectivity index (χ2n) is 5.46. The summed E-state index contributed by atoms with van der Waals surface area (Å²) in [6.45, 7) is 1.89.